The van der Waals surface area contributed by atoms with Gasteiger partial charge >= 0.3 is 6.17 Å². The molecule has 2 aliphatic rings. The Morgan fingerprint density at radius 2 is 1.79 bits per heavy atom. The summed E-state index contributed by atoms with van der Waals surface area (Å²) in [6.45, 7) is 0. The summed E-state index contributed by atoms with van der Waals surface area (Å²) in [5.41, 5.74) is 1.92. The number of aromatic nitrogens is 1. The van der Waals surface area contributed by atoms with Crippen LogP contribution in [0.25, 0.3) is 0 Å². The van der Waals surface area contributed by atoms with Crippen LogP contribution in [0.4, 0.5) is 29.1 Å². The third-order valence-corrected chi connectivity index (χ3v) is 7.77. The number of rotatable bonds is 8. The first-order chi connectivity index (χ1) is 20.4. The third-order valence-electron chi connectivity index (χ3n) is 7.11. The molecule has 1 aliphatic carbocycles. The average molecular weight is 636 g/mol. The number of nitrogens with one attached hydrogen (secondary N) is 1. The van der Waals surface area contributed by atoms with Gasteiger partial charge in [0.05, 0.1) is 43.9 Å². The minimum atomic E-state index is -3.01. The van der Waals surface area contributed by atoms with E-state index in [0.717, 1.165) is 21.9 Å². The number of nitrogens with zero attached hydrogens (tertiary/aromatic N) is 5. The third kappa shape index (κ3) is 6.11. The molecule has 2 amide bonds. The van der Waals surface area contributed by atoms with Gasteiger partial charge in [-0.25, -0.2) is 27.4 Å². The van der Waals surface area contributed by atoms with Crippen molar-refractivity contribution < 1.29 is 32.0 Å². The predicted octanol–water partition coefficient (Wildman–Crippen LogP) is 5.85. The highest BCUT2D eigenvalue weighted by molar-refractivity contribution is 6.36. The second-order valence-electron chi connectivity index (χ2n) is 10.1. The minimum Gasteiger partial charge on any atom is -0.284 e. The number of carbonyl (C=O) groups excluding carboxylic acids is 2. The van der Waals surface area contributed by atoms with Crippen molar-refractivity contribution in [3.05, 3.63) is 92.4 Å². The topological polar surface area (TPSA) is 109 Å². The van der Waals surface area contributed by atoms with Crippen molar-refractivity contribution in [2.24, 2.45) is 0 Å². The summed E-state index contributed by atoms with van der Waals surface area (Å²) in [6.07, 6.45) is -2.19. The first-order valence-electron chi connectivity index (χ1n) is 12.9. The van der Waals surface area contributed by atoms with Gasteiger partial charge in [0, 0.05) is 31.5 Å². The maximum absolute atomic E-state index is 14.6. The van der Waals surface area contributed by atoms with Crippen molar-refractivity contribution in [1.82, 2.24) is 10.4 Å². The van der Waals surface area contributed by atoms with Gasteiger partial charge in [-0.05, 0) is 42.8 Å². The van der Waals surface area contributed by atoms with Crippen molar-refractivity contribution in [2.75, 3.05) is 9.80 Å². The summed E-state index contributed by atoms with van der Waals surface area (Å²) >= 11 is 12.9. The van der Waals surface area contributed by atoms with Crippen molar-refractivity contribution in [1.29, 1.82) is 5.26 Å². The molecule has 1 aromatic heterocycles. The fraction of sp³-hybridized carbons (Fsp3) is 0.286. The average Bonchev–Trinajstić information content (AvgIpc) is 3.31. The summed E-state index contributed by atoms with van der Waals surface area (Å²) in [5, 5.41) is 9.10. The van der Waals surface area contributed by atoms with Gasteiger partial charge in [0.25, 0.3) is 11.8 Å². The smallest absolute Gasteiger partial charge is 0.284 e. The molecule has 3 aromatic rings. The van der Waals surface area contributed by atoms with E-state index in [1.54, 1.807) is 0 Å². The molecular formula is C28H21Cl2F4N6O3+. The van der Waals surface area contributed by atoms with Crippen LogP contribution < -0.4 is 15.2 Å². The van der Waals surface area contributed by atoms with Gasteiger partial charge < -0.3 is 0 Å². The number of amides is 2. The molecule has 1 aliphatic heterocycles. The number of alkyl halides is 2. The zero-order valence-electron chi connectivity index (χ0n) is 22.0. The van der Waals surface area contributed by atoms with Crippen molar-refractivity contribution in [3.8, 4) is 6.07 Å². The summed E-state index contributed by atoms with van der Waals surface area (Å²) in [7, 11) is 0. The Balaban J connectivity index is 1.66. The fourth-order valence-corrected chi connectivity index (χ4v) is 5.76. The van der Waals surface area contributed by atoms with Gasteiger partial charge in [-0.15, -0.1) is 5.43 Å². The summed E-state index contributed by atoms with van der Waals surface area (Å²) in [5.74, 6) is -6.75. The lowest BCUT2D eigenvalue weighted by Crippen LogP contribution is -2.56. The molecule has 2 fully saturated rings. The van der Waals surface area contributed by atoms with Crippen molar-refractivity contribution >= 4 is 46.5 Å². The minimum absolute atomic E-state index is 0.0357. The van der Waals surface area contributed by atoms with Gasteiger partial charge in [-0.2, -0.15) is 5.26 Å². The number of nitriles is 1. The lowest BCUT2D eigenvalue weighted by atomic mass is 9.89. The number of halogens is 6. The van der Waals surface area contributed by atoms with Gasteiger partial charge in [0.15, 0.2) is 0 Å². The monoisotopic (exact) mass is 635 g/mol. The number of carbonyl (C=O) groups is 2. The molecular weight excluding hydrogens is 615 g/mol. The highest BCUT2D eigenvalue weighted by Gasteiger charge is 2.52. The standard InChI is InChI=1S/C28H21Cl2F4N6O3/c29-20-2-1-3-21(30)25(20)26(40(43)37-18-12-28(33,34)13-18)38(19-10-16(31)9-17(32)11-19)27(42)22-4-5-24(41)39(22)23-8-15(14-35)6-7-36-23/h1-3,6-11,18,22,26H,4-5,12-13H2,(H,37,43)/q+1. The molecule has 15 heteroatoms. The number of pyridine rings is 1. The predicted molar refractivity (Wildman–Crippen MR) is 147 cm³/mol. The van der Waals surface area contributed by atoms with Gasteiger partial charge in [-0.1, -0.05) is 29.3 Å². The number of hydrogen-bond donors (Lipinski definition) is 1. The normalized spacial score (nSPS) is 18.5. The second-order valence-corrected chi connectivity index (χ2v) is 10.9. The van der Waals surface area contributed by atoms with Gasteiger partial charge in [0.2, 0.25) is 5.91 Å². The van der Waals surface area contributed by atoms with E-state index in [9.17, 15) is 37.3 Å². The van der Waals surface area contributed by atoms with Crippen LogP contribution in [-0.4, -0.2) is 39.7 Å². The Morgan fingerprint density at radius 1 is 1.14 bits per heavy atom. The number of nitroso groups, excluding NO2 is 1. The van der Waals surface area contributed by atoms with E-state index in [1.807, 2.05) is 6.07 Å². The van der Waals surface area contributed by atoms with Gasteiger partial charge in [-0.3, -0.25) is 14.5 Å². The molecule has 2 aromatic carbocycles. The van der Waals surface area contributed by atoms with Crippen LogP contribution in [0.2, 0.25) is 10.0 Å². The lowest BCUT2D eigenvalue weighted by molar-refractivity contribution is -0.653. The van der Waals surface area contributed by atoms with Crippen molar-refractivity contribution in [2.45, 2.75) is 49.9 Å². The first kappa shape index (κ1) is 30.2. The van der Waals surface area contributed by atoms with E-state index < -0.39 is 66.1 Å². The van der Waals surface area contributed by atoms with E-state index in [0.29, 0.717) is 6.07 Å². The highest BCUT2D eigenvalue weighted by atomic mass is 35.5. The molecule has 0 bridgehead atoms. The maximum atomic E-state index is 14.6. The lowest BCUT2D eigenvalue weighted by Gasteiger charge is -2.35. The van der Waals surface area contributed by atoms with Crippen LogP contribution in [0, 0.1) is 27.9 Å². The van der Waals surface area contributed by atoms with Crippen molar-refractivity contribution in [3.63, 3.8) is 0 Å². The van der Waals surface area contributed by atoms with Crippen LogP contribution in [-0.2, 0) is 9.59 Å². The van der Waals surface area contributed by atoms with Crippen LogP contribution >= 0.6 is 23.2 Å². The highest BCUT2D eigenvalue weighted by Crippen LogP contribution is 2.41. The molecule has 1 saturated heterocycles. The van der Waals surface area contributed by atoms with E-state index in [2.05, 4.69) is 10.4 Å². The molecule has 2 heterocycles. The molecule has 222 valence electrons. The molecule has 2 unspecified atom stereocenters. The summed E-state index contributed by atoms with van der Waals surface area (Å²) in [6, 6.07) is 8.55. The molecule has 2 atom stereocenters. The zero-order chi connectivity index (χ0) is 31.1. The maximum Gasteiger partial charge on any atom is 0.343 e. The molecule has 43 heavy (non-hydrogen) atoms. The number of hydrogen-bond acceptors (Lipinski definition) is 5. The van der Waals surface area contributed by atoms with Gasteiger partial charge in [0.1, 0.15) is 28.4 Å². The van der Waals surface area contributed by atoms with Crippen LogP contribution in [0.1, 0.15) is 43.0 Å². The van der Waals surface area contributed by atoms with E-state index in [1.165, 1.54) is 36.5 Å². The Kier molecular flexibility index (Phi) is 8.27. The van der Waals surface area contributed by atoms with Crippen LogP contribution in [0.5, 0.6) is 0 Å². The molecule has 9 nitrogen and oxygen atoms in total. The second kappa shape index (κ2) is 11.8. The molecule has 0 spiro atoms. The molecule has 0 radical (unpaired) electrons. The summed E-state index contributed by atoms with van der Waals surface area (Å²) < 4.78 is 56.4. The quantitative estimate of drug-likeness (QED) is 0.144. The number of hydrazine groups is 1. The van der Waals surface area contributed by atoms with Crippen LogP contribution in [0.15, 0.2) is 54.7 Å². The zero-order valence-corrected chi connectivity index (χ0v) is 23.5. The Bertz CT molecular complexity index is 1620. The number of anilines is 2. The first-order valence-corrected chi connectivity index (χ1v) is 13.7. The largest absolute Gasteiger partial charge is 0.343 e. The molecule has 1 saturated carbocycles. The van der Waals surface area contributed by atoms with E-state index >= 15 is 0 Å². The SMILES string of the molecule is N#Cc1ccnc(N2C(=O)CCC2C(=O)N(c2cc(F)cc(F)c2)C(c2c(Cl)cccc2Cl)[N+](=O)NC2CC(F)(F)C2)c1. The van der Waals surface area contributed by atoms with E-state index in [-0.39, 0.29) is 44.7 Å². The Hall–Kier alpha value is -4.28. The number of benzene rings is 2. The van der Waals surface area contributed by atoms with Crippen LogP contribution in [0.3, 0.4) is 0 Å². The Morgan fingerprint density at radius 3 is 2.40 bits per heavy atom. The van der Waals surface area contributed by atoms with E-state index in [4.69, 9.17) is 23.2 Å². The Labute approximate surface area is 252 Å². The summed E-state index contributed by atoms with van der Waals surface area (Å²) in [4.78, 5) is 47.2. The molecule has 5 rings (SSSR count). The molecule has 1 N–H and O–H groups in total. The fourth-order valence-electron chi connectivity index (χ4n) is 5.16.